The second kappa shape index (κ2) is 29.3. The van der Waals surface area contributed by atoms with Gasteiger partial charge in [0.1, 0.15) is 42.0 Å². The Hall–Kier alpha value is -9.12. The fraction of sp³-hybridized carbons (Fsp3) is 0.345. The number of primary amides is 1. The summed E-state index contributed by atoms with van der Waals surface area (Å²) in [6, 6.07) is 19.9. The molecule has 0 saturated heterocycles. The predicted octanol–water partition coefficient (Wildman–Crippen LogP) is 0.682. The van der Waals surface area contributed by atoms with Gasteiger partial charge >= 0.3 is 11.9 Å². The number of aromatic amines is 1. The summed E-state index contributed by atoms with van der Waals surface area (Å²) in [6.07, 6.45) is 0.576. The molecule has 0 unspecified atom stereocenters. The van der Waals surface area contributed by atoms with Crippen LogP contribution in [0.3, 0.4) is 0 Å². The summed E-state index contributed by atoms with van der Waals surface area (Å²) >= 11 is 0. The Morgan fingerprint density at radius 1 is 0.564 bits per heavy atom. The van der Waals surface area contributed by atoms with E-state index in [1.54, 1.807) is 98.0 Å². The summed E-state index contributed by atoms with van der Waals surface area (Å²) in [5.41, 5.74) is 14.4. The lowest BCUT2D eigenvalue weighted by molar-refractivity contribution is -0.141. The molecular weight excluding hydrogens is 1010 g/mol. The van der Waals surface area contributed by atoms with Gasteiger partial charge in [0.15, 0.2) is 0 Å². The number of benzene rings is 4. The first kappa shape index (κ1) is 59.8. The summed E-state index contributed by atoms with van der Waals surface area (Å²) in [5.74, 6) is -11.0. The predicted molar refractivity (Wildman–Crippen MR) is 285 cm³/mol. The van der Waals surface area contributed by atoms with Gasteiger partial charge in [0.05, 0.1) is 25.4 Å². The number of nitrogens with two attached hydrogens (primary N) is 2. The average molecular weight is 1080 g/mol. The maximum absolute atomic E-state index is 14.5. The highest BCUT2D eigenvalue weighted by Crippen LogP contribution is 2.22. The van der Waals surface area contributed by atoms with Crippen LogP contribution in [0.2, 0.25) is 0 Å². The normalized spacial score (nSPS) is 14.1. The zero-order valence-corrected chi connectivity index (χ0v) is 43.0. The number of phenolic OH excluding ortho intramolecular Hbond substituents is 1. The molecule has 8 amide bonds. The first-order chi connectivity index (χ1) is 37.2. The molecule has 0 spiro atoms. The molecule has 15 N–H and O–H groups in total. The van der Waals surface area contributed by atoms with Gasteiger partial charge in [0, 0.05) is 42.3 Å². The molecule has 8 atom stereocenters. The van der Waals surface area contributed by atoms with Crippen molar-refractivity contribution in [2.45, 2.75) is 113 Å². The summed E-state index contributed by atoms with van der Waals surface area (Å²) in [7, 11) is 0. The lowest BCUT2D eigenvalue weighted by Crippen LogP contribution is -2.59. The number of para-hydroxylation sites is 1. The van der Waals surface area contributed by atoms with Crippen molar-refractivity contribution < 1.29 is 63.3 Å². The number of H-pyrrole nitrogens is 1. The number of fused-ring (bicyclic) bond motifs is 1. The van der Waals surface area contributed by atoms with Crippen molar-refractivity contribution in [1.29, 1.82) is 0 Å². The molecule has 23 heteroatoms. The zero-order valence-electron chi connectivity index (χ0n) is 43.0. The highest BCUT2D eigenvalue weighted by Gasteiger charge is 2.35. The van der Waals surface area contributed by atoms with E-state index < -0.39 is 127 Å². The fourth-order valence-corrected chi connectivity index (χ4v) is 8.46. The van der Waals surface area contributed by atoms with Crippen LogP contribution in [-0.2, 0) is 67.2 Å². The van der Waals surface area contributed by atoms with Gasteiger partial charge in [-0.25, -0.2) is 0 Å². The molecule has 78 heavy (non-hydrogen) atoms. The van der Waals surface area contributed by atoms with Gasteiger partial charge in [-0.1, -0.05) is 118 Å². The number of carbonyl (C=O) groups excluding carboxylic acids is 8. The minimum absolute atomic E-state index is 0.0124. The molecule has 1 heterocycles. The molecule has 23 nitrogen and oxygen atoms in total. The second-order valence-corrected chi connectivity index (χ2v) is 18.7. The van der Waals surface area contributed by atoms with E-state index >= 15 is 0 Å². The molecule has 4 aromatic carbocycles. The van der Waals surface area contributed by atoms with Gasteiger partial charge in [-0.2, -0.15) is 0 Å². The van der Waals surface area contributed by atoms with Crippen molar-refractivity contribution in [3.05, 3.63) is 138 Å². The summed E-state index contributed by atoms with van der Waals surface area (Å²) in [6.45, 7) is 2.72. The SMILES string of the molecule is CCCC[C@H](NC(=O)[C@H](Cc1c[nH]c2ccccc12)NC(=O)CNC(=O)[C@H](NC(=O)[C@H](Cc1ccc(O)cc1)NC(=O)[C@@H](N)CC(=O)O)[C@@H](C)c1ccccc1)C(=O)N[C@@H](CC(=O)O)C(=O)N[C@@H](Cc1ccccc1)C(N)=O. The third kappa shape index (κ3) is 18.3. The summed E-state index contributed by atoms with van der Waals surface area (Å²) < 4.78 is 0. The van der Waals surface area contributed by atoms with Gasteiger partial charge in [-0.05, 0) is 46.9 Å². The minimum Gasteiger partial charge on any atom is -0.508 e. The van der Waals surface area contributed by atoms with E-state index in [4.69, 9.17) is 11.5 Å². The number of aromatic hydroxyl groups is 1. The van der Waals surface area contributed by atoms with Gasteiger partial charge in [-0.3, -0.25) is 47.9 Å². The molecule has 0 aliphatic heterocycles. The van der Waals surface area contributed by atoms with E-state index in [2.05, 4.69) is 42.2 Å². The highest BCUT2D eigenvalue weighted by atomic mass is 16.4. The number of hydrogen-bond donors (Lipinski definition) is 13. The quantitative estimate of drug-likeness (QED) is 0.0301. The van der Waals surface area contributed by atoms with Crippen molar-refractivity contribution >= 4 is 70.1 Å². The Morgan fingerprint density at radius 3 is 1.73 bits per heavy atom. The molecule has 0 aliphatic carbocycles. The van der Waals surface area contributed by atoms with Crippen molar-refractivity contribution in [2.24, 2.45) is 11.5 Å². The number of carboxylic acid groups (broad SMARTS) is 2. The molecular formula is C55H66N10O13. The second-order valence-electron chi connectivity index (χ2n) is 18.7. The summed E-state index contributed by atoms with van der Waals surface area (Å²) in [4.78, 5) is 136. The molecule has 414 valence electrons. The summed E-state index contributed by atoms with van der Waals surface area (Å²) in [5, 5.41) is 47.4. The number of hydrogen-bond acceptors (Lipinski definition) is 12. The Bertz CT molecular complexity index is 2900. The first-order valence-electron chi connectivity index (χ1n) is 25.2. The number of carbonyl (C=O) groups is 10. The highest BCUT2D eigenvalue weighted by molar-refractivity contribution is 5.98. The Labute approximate surface area is 449 Å². The van der Waals surface area contributed by atoms with E-state index in [0.29, 0.717) is 46.0 Å². The van der Waals surface area contributed by atoms with E-state index in [9.17, 15) is 63.3 Å². The van der Waals surface area contributed by atoms with Crippen molar-refractivity contribution in [1.82, 2.24) is 42.2 Å². The van der Waals surface area contributed by atoms with Crippen LogP contribution in [0.4, 0.5) is 0 Å². The number of amides is 8. The topological polar surface area (TPSA) is 383 Å². The van der Waals surface area contributed by atoms with Crippen LogP contribution >= 0.6 is 0 Å². The third-order valence-electron chi connectivity index (χ3n) is 12.8. The van der Waals surface area contributed by atoms with E-state index in [-0.39, 0.29) is 31.4 Å². The lowest BCUT2D eigenvalue weighted by Gasteiger charge is -2.28. The van der Waals surface area contributed by atoms with E-state index in [0.717, 1.165) is 0 Å². The van der Waals surface area contributed by atoms with E-state index in [1.165, 1.54) is 24.3 Å². The van der Waals surface area contributed by atoms with Gasteiger partial charge < -0.3 is 69.0 Å². The van der Waals surface area contributed by atoms with Crippen molar-refractivity contribution in [3.63, 3.8) is 0 Å². The third-order valence-corrected chi connectivity index (χ3v) is 12.8. The van der Waals surface area contributed by atoms with Crippen molar-refractivity contribution in [3.8, 4) is 5.75 Å². The molecule has 0 saturated carbocycles. The monoisotopic (exact) mass is 1070 g/mol. The zero-order chi connectivity index (χ0) is 56.9. The maximum atomic E-state index is 14.5. The van der Waals surface area contributed by atoms with Gasteiger partial charge in [0.2, 0.25) is 47.3 Å². The molecule has 0 radical (unpaired) electrons. The maximum Gasteiger partial charge on any atom is 0.305 e. The first-order valence-corrected chi connectivity index (χ1v) is 25.2. The number of unbranched alkanes of at least 4 members (excludes halogenated alkanes) is 1. The largest absolute Gasteiger partial charge is 0.508 e. The Kier molecular flexibility index (Phi) is 22.4. The molecule has 5 rings (SSSR count). The molecule has 0 aliphatic rings. The number of phenols is 1. The fourth-order valence-electron chi connectivity index (χ4n) is 8.46. The van der Waals surface area contributed by atoms with Gasteiger partial charge in [-0.15, -0.1) is 0 Å². The number of aliphatic carboxylic acids is 2. The van der Waals surface area contributed by atoms with E-state index in [1.807, 2.05) is 6.92 Å². The number of nitrogens with one attached hydrogen (secondary N) is 8. The smallest absolute Gasteiger partial charge is 0.305 e. The Morgan fingerprint density at radius 2 is 1.09 bits per heavy atom. The molecule has 0 bridgehead atoms. The molecule has 5 aromatic rings. The number of aromatic nitrogens is 1. The van der Waals surface area contributed by atoms with Crippen LogP contribution in [0.15, 0.2) is 115 Å². The van der Waals surface area contributed by atoms with Crippen LogP contribution in [0, 0.1) is 0 Å². The van der Waals surface area contributed by atoms with Crippen molar-refractivity contribution in [2.75, 3.05) is 6.54 Å². The van der Waals surface area contributed by atoms with Crippen LogP contribution < -0.4 is 48.7 Å². The van der Waals surface area contributed by atoms with Gasteiger partial charge in [0.25, 0.3) is 0 Å². The van der Waals surface area contributed by atoms with Crippen LogP contribution in [0.5, 0.6) is 5.75 Å². The lowest BCUT2D eigenvalue weighted by atomic mass is 9.92. The van der Waals surface area contributed by atoms with Crippen LogP contribution in [0.1, 0.15) is 74.1 Å². The number of carboxylic acids is 2. The minimum atomic E-state index is -1.72. The van der Waals surface area contributed by atoms with Crippen LogP contribution in [0.25, 0.3) is 10.9 Å². The molecule has 1 aromatic heterocycles. The van der Waals surface area contributed by atoms with Crippen LogP contribution in [-0.4, -0.2) is 128 Å². The standard InChI is InChI=1S/C55H66N10O13/c1-3-4-18-40(51(74)64-44(28-47(70)71)53(76)62-41(49(57)72)24-32-13-7-5-8-14-32)61-52(75)43(26-35-29-58-39-19-12-11-17-37(35)39)60-45(67)30-59-55(78)48(31(2)34-15-9-6-10-16-34)65-54(77)42(25-33-20-22-36(66)23-21-33)63-50(73)38(56)27-46(68)69/h5-17,19-23,29,31,38,40-44,48,58,66H,3-4,18,24-28,30,56H2,1-2H3,(H2,57,72)(H,59,78)(H,60,67)(H,61,75)(H,62,76)(H,63,73)(H,64,74)(H,65,77)(H,68,69)(H,70,71)/t31-,38-,40-,41-,42-,43-,44-,48+/m0/s1. The average Bonchev–Trinajstić information content (AvgIpc) is 3.87. The molecule has 0 fully saturated rings. The number of rotatable bonds is 30. The Balaban J connectivity index is 1.37.